The summed E-state index contributed by atoms with van der Waals surface area (Å²) in [6, 6.07) is 4.33. The summed E-state index contributed by atoms with van der Waals surface area (Å²) < 4.78 is 0. The quantitative estimate of drug-likeness (QED) is 0.636. The van der Waals surface area contributed by atoms with Crippen molar-refractivity contribution in [3.8, 4) is 0 Å². The Labute approximate surface area is 65.2 Å². The number of hydrogen-bond acceptors (Lipinski definition) is 3. The predicted octanol–water partition coefficient (Wildman–Crippen LogP) is 0.754. The van der Waals surface area contributed by atoms with Crippen molar-refractivity contribution >= 4 is 6.34 Å². The first-order chi connectivity index (χ1) is 5.47. The Kier molecular flexibility index (Phi) is 1.55. The summed E-state index contributed by atoms with van der Waals surface area (Å²) >= 11 is 0. The first kappa shape index (κ1) is 6.34. The van der Waals surface area contributed by atoms with E-state index in [2.05, 4.69) is 21.4 Å². The van der Waals surface area contributed by atoms with Crippen LogP contribution in [-0.2, 0) is 0 Å². The van der Waals surface area contributed by atoms with E-state index >= 15 is 0 Å². The second kappa shape index (κ2) is 2.70. The van der Waals surface area contributed by atoms with Crippen LogP contribution in [0.5, 0.6) is 0 Å². The maximum absolute atomic E-state index is 4.08. The second-order valence-corrected chi connectivity index (χ2v) is 2.50. The first-order valence-corrected chi connectivity index (χ1v) is 3.61. The van der Waals surface area contributed by atoms with Crippen molar-refractivity contribution in [3.63, 3.8) is 0 Å². The maximum Gasteiger partial charge on any atom is 0.0830 e. The van der Waals surface area contributed by atoms with Crippen molar-refractivity contribution < 1.29 is 0 Å². The third-order valence-electron chi connectivity index (χ3n) is 1.74. The lowest BCUT2D eigenvalue weighted by Crippen LogP contribution is -2.15. The van der Waals surface area contributed by atoms with Crippen molar-refractivity contribution in [2.75, 3.05) is 6.54 Å². The molecular formula is C8H9N3. The topological polar surface area (TPSA) is 37.3 Å². The lowest BCUT2D eigenvalue weighted by Gasteiger charge is -2.07. The van der Waals surface area contributed by atoms with E-state index < -0.39 is 0 Å². The fraction of sp³-hybridized carbons (Fsp3) is 0.250. The molecule has 0 aromatic carbocycles. The van der Waals surface area contributed by atoms with Crippen molar-refractivity contribution in [3.05, 3.63) is 30.1 Å². The number of rotatable bonds is 1. The van der Waals surface area contributed by atoms with Gasteiger partial charge in [-0.05, 0) is 11.6 Å². The first-order valence-electron chi connectivity index (χ1n) is 3.61. The summed E-state index contributed by atoms with van der Waals surface area (Å²) in [6.45, 7) is 0.825. The zero-order valence-corrected chi connectivity index (χ0v) is 6.07. The molecule has 0 radical (unpaired) electrons. The molecule has 56 valence electrons. The number of nitrogens with one attached hydrogen (secondary N) is 1. The van der Waals surface area contributed by atoms with Gasteiger partial charge in [0.2, 0.25) is 0 Å². The number of hydrogen-bond donors (Lipinski definition) is 1. The average molecular weight is 147 g/mol. The molecule has 3 nitrogen and oxygen atoms in total. The zero-order chi connectivity index (χ0) is 7.52. The van der Waals surface area contributed by atoms with Gasteiger partial charge in [-0.25, -0.2) is 0 Å². The minimum Gasteiger partial charge on any atom is -0.368 e. The van der Waals surface area contributed by atoms with Crippen LogP contribution in [0.4, 0.5) is 0 Å². The van der Waals surface area contributed by atoms with E-state index in [0.717, 1.165) is 6.54 Å². The maximum atomic E-state index is 4.08. The van der Waals surface area contributed by atoms with Crippen molar-refractivity contribution in [2.24, 2.45) is 4.99 Å². The summed E-state index contributed by atoms with van der Waals surface area (Å²) in [5, 5.41) is 3.14. The molecule has 2 heterocycles. The molecule has 11 heavy (non-hydrogen) atoms. The van der Waals surface area contributed by atoms with Gasteiger partial charge in [0.05, 0.1) is 18.9 Å². The molecule has 1 aromatic heterocycles. The molecule has 0 saturated heterocycles. The highest BCUT2D eigenvalue weighted by Gasteiger charge is 2.11. The number of pyridine rings is 1. The van der Waals surface area contributed by atoms with Gasteiger partial charge < -0.3 is 5.32 Å². The highest BCUT2D eigenvalue weighted by Crippen LogP contribution is 2.12. The molecule has 0 aliphatic carbocycles. The van der Waals surface area contributed by atoms with Crippen LogP contribution in [0.15, 0.2) is 29.5 Å². The van der Waals surface area contributed by atoms with Gasteiger partial charge in [0.1, 0.15) is 0 Å². The van der Waals surface area contributed by atoms with E-state index in [9.17, 15) is 0 Å². The molecule has 1 aliphatic rings. The zero-order valence-electron chi connectivity index (χ0n) is 6.07. The van der Waals surface area contributed by atoms with Gasteiger partial charge in [0, 0.05) is 12.4 Å². The van der Waals surface area contributed by atoms with Crippen LogP contribution in [0.2, 0.25) is 0 Å². The lowest BCUT2D eigenvalue weighted by molar-refractivity contribution is 0.709. The van der Waals surface area contributed by atoms with Crippen LogP contribution in [0.1, 0.15) is 11.6 Å². The SMILES string of the molecule is C1=NC[C@H](c2cccnc2)N1. The van der Waals surface area contributed by atoms with Crippen LogP contribution < -0.4 is 5.32 Å². The molecule has 0 fully saturated rings. The van der Waals surface area contributed by atoms with Gasteiger partial charge in [-0.3, -0.25) is 9.98 Å². The Morgan fingerprint density at radius 2 is 2.55 bits per heavy atom. The lowest BCUT2D eigenvalue weighted by atomic mass is 10.1. The fourth-order valence-electron chi connectivity index (χ4n) is 1.14. The second-order valence-electron chi connectivity index (χ2n) is 2.50. The van der Waals surface area contributed by atoms with Gasteiger partial charge in [-0.2, -0.15) is 0 Å². The van der Waals surface area contributed by atoms with Crippen LogP contribution in [0.3, 0.4) is 0 Å². The third-order valence-corrected chi connectivity index (χ3v) is 1.74. The highest BCUT2D eigenvalue weighted by molar-refractivity contribution is 5.58. The van der Waals surface area contributed by atoms with E-state index in [0.29, 0.717) is 6.04 Å². The third kappa shape index (κ3) is 1.22. The molecule has 1 atom stereocenters. The molecule has 0 amide bonds. The van der Waals surface area contributed by atoms with Gasteiger partial charge in [-0.15, -0.1) is 0 Å². The minimum absolute atomic E-state index is 0.337. The monoisotopic (exact) mass is 147 g/mol. The largest absolute Gasteiger partial charge is 0.368 e. The molecular weight excluding hydrogens is 138 g/mol. The summed E-state index contributed by atoms with van der Waals surface area (Å²) in [6.07, 6.45) is 5.39. The van der Waals surface area contributed by atoms with Crippen LogP contribution >= 0.6 is 0 Å². The Hall–Kier alpha value is -1.38. The van der Waals surface area contributed by atoms with Crippen LogP contribution in [0, 0.1) is 0 Å². The van der Waals surface area contributed by atoms with Gasteiger partial charge in [0.15, 0.2) is 0 Å². The molecule has 1 aliphatic heterocycles. The Bertz CT molecular complexity index is 247. The molecule has 1 aromatic rings. The molecule has 0 unspecified atom stereocenters. The Balaban J connectivity index is 2.17. The summed E-state index contributed by atoms with van der Waals surface area (Å²) in [5.74, 6) is 0. The van der Waals surface area contributed by atoms with Gasteiger partial charge in [0.25, 0.3) is 0 Å². The van der Waals surface area contributed by atoms with Crippen LogP contribution in [-0.4, -0.2) is 17.9 Å². The van der Waals surface area contributed by atoms with E-state index in [1.54, 1.807) is 12.5 Å². The Morgan fingerprint density at radius 1 is 1.55 bits per heavy atom. The predicted molar refractivity (Wildman–Crippen MR) is 43.5 cm³/mol. The summed E-state index contributed by atoms with van der Waals surface area (Å²) in [5.41, 5.74) is 1.20. The summed E-state index contributed by atoms with van der Waals surface area (Å²) in [4.78, 5) is 8.11. The van der Waals surface area contributed by atoms with Gasteiger partial charge in [-0.1, -0.05) is 6.07 Å². The van der Waals surface area contributed by atoms with Crippen molar-refractivity contribution in [1.29, 1.82) is 0 Å². The molecule has 0 saturated carbocycles. The molecule has 0 bridgehead atoms. The van der Waals surface area contributed by atoms with Gasteiger partial charge >= 0.3 is 0 Å². The molecule has 0 spiro atoms. The summed E-state index contributed by atoms with van der Waals surface area (Å²) in [7, 11) is 0. The normalized spacial score (nSPS) is 21.6. The van der Waals surface area contributed by atoms with E-state index in [-0.39, 0.29) is 0 Å². The highest BCUT2D eigenvalue weighted by atomic mass is 15.1. The van der Waals surface area contributed by atoms with Crippen LogP contribution in [0.25, 0.3) is 0 Å². The molecule has 2 rings (SSSR count). The van der Waals surface area contributed by atoms with Crippen molar-refractivity contribution in [1.82, 2.24) is 10.3 Å². The average Bonchev–Trinajstić information content (AvgIpc) is 2.58. The van der Waals surface area contributed by atoms with E-state index in [4.69, 9.17) is 0 Å². The number of aliphatic imine (C=N–C) groups is 1. The standard InChI is InChI=1S/C8H9N3/c1-2-7(4-9-3-1)8-5-10-6-11-8/h1-4,6,8H,5H2,(H,10,11)/t8-/m1/s1. The fourth-order valence-corrected chi connectivity index (χ4v) is 1.14. The number of nitrogens with zero attached hydrogens (tertiary/aromatic N) is 2. The molecule has 1 N–H and O–H groups in total. The van der Waals surface area contributed by atoms with E-state index in [1.165, 1.54) is 5.56 Å². The van der Waals surface area contributed by atoms with Crippen molar-refractivity contribution in [2.45, 2.75) is 6.04 Å². The Morgan fingerprint density at radius 3 is 3.18 bits per heavy atom. The molecule has 3 heteroatoms. The number of aromatic nitrogens is 1. The minimum atomic E-state index is 0.337. The smallest absolute Gasteiger partial charge is 0.0830 e. The van der Waals surface area contributed by atoms with E-state index in [1.807, 2.05) is 12.3 Å².